The van der Waals surface area contributed by atoms with Crippen LogP contribution in [0.5, 0.6) is 0 Å². The SMILES string of the molecule is CCCC(C)(C)[Si](OC(=O)/C(C)=C(/C)C(=O)O)(C(C)C)C(C)C. The first-order chi connectivity index (χ1) is 10.3. The molecule has 0 aliphatic rings. The molecule has 1 N–H and O–H groups in total. The van der Waals surface area contributed by atoms with E-state index in [1.54, 1.807) is 6.92 Å². The van der Waals surface area contributed by atoms with Crippen molar-refractivity contribution < 1.29 is 19.1 Å². The predicted octanol–water partition coefficient (Wildman–Crippen LogP) is 5.30. The first-order valence-electron chi connectivity index (χ1n) is 8.49. The summed E-state index contributed by atoms with van der Waals surface area (Å²) < 4.78 is 6.19. The number of carbonyl (C=O) groups is 2. The Bertz CT molecular complexity index is 467. The largest absolute Gasteiger partial charge is 0.515 e. The molecule has 0 saturated carbocycles. The van der Waals surface area contributed by atoms with E-state index >= 15 is 0 Å². The highest BCUT2D eigenvalue weighted by atomic mass is 28.4. The van der Waals surface area contributed by atoms with Crippen LogP contribution >= 0.6 is 0 Å². The van der Waals surface area contributed by atoms with Crippen LogP contribution in [-0.2, 0) is 14.0 Å². The monoisotopic (exact) mass is 342 g/mol. The van der Waals surface area contributed by atoms with Gasteiger partial charge in [0.05, 0.1) is 0 Å². The quantitative estimate of drug-likeness (QED) is 0.480. The predicted molar refractivity (Wildman–Crippen MR) is 97.0 cm³/mol. The summed E-state index contributed by atoms with van der Waals surface area (Å²) in [7, 11) is -2.48. The number of carbonyl (C=O) groups excluding carboxylic acids is 1. The van der Waals surface area contributed by atoms with Crippen LogP contribution in [0.4, 0.5) is 0 Å². The molecular formula is C18H34O4Si. The zero-order valence-corrected chi connectivity index (χ0v) is 17.2. The van der Waals surface area contributed by atoms with Gasteiger partial charge in [-0.3, -0.25) is 0 Å². The van der Waals surface area contributed by atoms with Crippen molar-refractivity contribution in [2.24, 2.45) is 0 Å². The Balaban J connectivity index is 5.98. The number of rotatable bonds is 8. The lowest BCUT2D eigenvalue weighted by molar-refractivity contribution is -0.135. The van der Waals surface area contributed by atoms with Crippen molar-refractivity contribution in [1.82, 2.24) is 0 Å². The van der Waals surface area contributed by atoms with Gasteiger partial charge in [-0.1, -0.05) is 54.9 Å². The summed E-state index contributed by atoms with van der Waals surface area (Å²) in [6.45, 7) is 18.0. The van der Waals surface area contributed by atoms with E-state index in [4.69, 9.17) is 9.53 Å². The van der Waals surface area contributed by atoms with Crippen LogP contribution in [0.2, 0.25) is 16.1 Å². The number of hydrogen-bond acceptors (Lipinski definition) is 3. The van der Waals surface area contributed by atoms with Crippen LogP contribution in [0.3, 0.4) is 0 Å². The summed E-state index contributed by atoms with van der Waals surface area (Å²) in [5, 5.41) is 9.04. The van der Waals surface area contributed by atoms with E-state index < -0.39 is 20.3 Å². The molecule has 0 atom stereocenters. The van der Waals surface area contributed by atoms with E-state index in [0.29, 0.717) is 0 Å². The van der Waals surface area contributed by atoms with Crippen LogP contribution in [0.25, 0.3) is 0 Å². The Morgan fingerprint density at radius 3 is 1.78 bits per heavy atom. The van der Waals surface area contributed by atoms with Gasteiger partial charge in [0.2, 0.25) is 0 Å². The summed E-state index contributed by atoms with van der Waals surface area (Å²) in [6, 6.07) is 0. The molecule has 5 heteroatoms. The molecule has 0 radical (unpaired) electrons. The molecule has 0 bridgehead atoms. The standard InChI is InChI=1S/C18H34O4Si/c1-10-11-18(8,9)23(12(2)3,13(4)5)22-17(21)15(7)14(6)16(19)20/h12-13H,10-11H2,1-9H3,(H,19,20)/b15-14-. The molecule has 0 fully saturated rings. The number of carboxylic acids is 1. The number of hydrogen-bond donors (Lipinski definition) is 1. The van der Waals surface area contributed by atoms with E-state index in [0.717, 1.165) is 12.8 Å². The third-order valence-corrected chi connectivity index (χ3v) is 11.4. The first kappa shape index (κ1) is 21.9. The maximum atomic E-state index is 12.7. The Morgan fingerprint density at radius 2 is 1.48 bits per heavy atom. The molecule has 0 aromatic carbocycles. The van der Waals surface area contributed by atoms with Gasteiger partial charge in [0.25, 0.3) is 8.32 Å². The molecular weight excluding hydrogens is 308 g/mol. The molecule has 0 rings (SSSR count). The third kappa shape index (κ3) is 4.46. The van der Waals surface area contributed by atoms with Crippen LogP contribution in [-0.4, -0.2) is 25.4 Å². The summed E-state index contributed by atoms with van der Waals surface area (Å²) in [6.07, 6.45) is 2.02. The molecule has 0 aliphatic heterocycles. The highest BCUT2D eigenvalue weighted by molar-refractivity contribution is 6.80. The van der Waals surface area contributed by atoms with Crippen molar-refractivity contribution in [3.05, 3.63) is 11.1 Å². The Labute approximate surface area is 142 Å². The molecule has 4 nitrogen and oxygen atoms in total. The minimum atomic E-state index is -2.48. The molecule has 0 unspecified atom stereocenters. The average molecular weight is 343 g/mol. The topological polar surface area (TPSA) is 63.6 Å². The van der Waals surface area contributed by atoms with Crippen molar-refractivity contribution in [2.75, 3.05) is 0 Å². The van der Waals surface area contributed by atoms with E-state index in [2.05, 4.69) is 48.5 Å². The molecule has 0 aromatic heterocycles. The molecule has 0 aromatic rings. The lowest BCUT2D eigenvalue weighted by Gasteiger charge is -2.49. The minimum Gasteiger partial charge on any atom is -0.515 e. The summed E-state index contributed by atoms with van der Waals surface area (Å²) in [4.78, 5) is 23.8. The summed E-state index contributed by atoms with van der Waals surface area (Å²) in [5.41, 5.74) is 0.763. The second-order valence-electron chi connectivity index (χ2n) is 7.68. The molecule has 134 valence electrons. The van der Waals surface area contributed by atoms with Gasteiger partial charge in [0, 0.05) is 11.1 Å². The first-order valence-corrected chi connectivity index (χ1v) is 10.6. The smallest absolute Gasteiger partial charge is 0.331 e. The van der Waals surface area contributed by atoms with Gasteiger partial charge in [0.1, 0.15) is 0 Å². The van der Waals surface area contributed by atoms with E-state index in [9.17, 15) is 9.59 Å². The van der Waals surface area contributed by atoms with Gasteiger partial charge in [-0.15, -0.1) is 0 Å². The van der Waals surface area contributed by atoms with Crippen molar-refractivity contribution in [3.8, 4) is 0 Å². The van der Waals surface area contributed by atoms with E-state index in [1.807, 2.05) is 0 Å². The second-order valence-corrected chi connectivity index (χ2v) is 13.1. The van der Waals surface area contributed by atoms with Gasteiger partial charge < -0.3 is 9.53 Å². The lowest BCUT2D eigenvalue weighted by atomic mass is 10.1. The fourth-order valence-corrected chi connectivity index (χ4v) is 10.3. The number of aliphatic carboxylic acids is 1. The Hall–Kier alpha value is -1.10. The second kappa shape index (κ2) is 8.13. The lowest BCUT2D eigenvalue weighted by Crippen LogP contribution is -2.55. The van der Waals surface area contributed by atoms with Crippen LogP contribution < -0.4 is 0 Å². The van der Waals surface area contributed by atoms with Crippen molar-refractivity contribution in [3.63, 3.8) is 0 Å². The Morgan fingerprint density at radius 1 is 1.04 bits per heavy atom. The maximum Gasteiger partial charge on any atom is 0.331 e. The van der Waals surface area contributed by atoms with Crippen molar-refractivity contribution >= 4 is 20.3 Å². The molecule has 0 aliphatic carbocycles. The highest BCUT2D eigenvalue weighted by Crippen LogP contribution is 2.53. The summed E-state index contributed by atoms with van der Waals surface area (Å²) in [5.74, 6) is -1.54. The molecule has 0 saturated heterocycles. The maximum absolute atomic E-state index is 12.7. The molecule has 23 heavy (non-hydrogen) atoms. The van der Waals surface area contributed by atoms with Crippen molar-refractivity contribution in [2.45, 2.75) is 91.3 Å². The van der Waals surface area contributed by atoms with E-state index in [-0.39, 0.29) is 27.3 Å². The molecule has 0 amide bonds. The van der Waals surface area contributed by atoms with Gasteiger partial charge in [-0.05, 0) is 36.4 Å². The summed E-state index contributed by atoms with van der Waals surface area (Å²) >= 11 is 0. The van der Waals surface area contributed by atoms with Gasteiger partial charge in [-0.2, -0.15) is 0 Å². The fourth-order valence-electron chi connectivity index (χ4n) is 3.97. The number of carboxylic acid groups (broad SMARTS) is 1. The average Bonchev–Trinajstić information content (AvgIpc) is 2.41. The minimum absolute atomic E-state index is 0.0544. The van der Waals surface area contributed by atoms with Crippen LogP contribution in [0.15, 0.2) is 11.1 Å². The zero-order valence-electron chi connectivity index (χ0n) is 16.2. The highest BCUT2D eigenvalue weighted by Gasteiger charge is 2.56. The van der Waals surface area contributed by atoms with Gasteiger partial charge >= 0.3 is 11.9 Å². The van der Waals surface area contributed by atoms with Gasteiger partial charge in [0.15, 0.2) is 0 Å². The fraction of sp³-hybridized carbons (Fsp3) is 0.778. The van der Waals surface area contributed by atoms with E-state index in [1.165, 1.54) is 6.92 Å². The zero-order chi connectivity index (χ0) is 18.6. The van der Waals surface area contributed by atoms with Crippen LogP contribution in [0, 0.1) is 0 Å². The third-order valence-electron chi connectivity index (χ3n) is 5.10. The normalized spacial score (nSPS) is 14.0. The van der Waals surface area contributed by atoms with Crippen LogP contribution in [0.1, 0.15) is 75.2 Å². The van der Waals surface area contributed by atoms with Crippen molar-refractivity contribution in [1.29, 1.82) is 0 Å². The molecule has 0 spiro atoms. The Kier molecular flexibility index (Phi) is 7.74. The van der Waals surface area contributed by atoms with Gasteiger partial charge in [-0.25, -0.2) is 9.59 Å². The molecule has 0 heterocycles.